The van der Waals surface area contributed by atoms with E-state index in [0.717, 1.165) is 12.0 Å². The van der Waals surface area contributed by atoms with Crippen LogP contribution in [0.1, 0.15) is 59.9 Å². The van der Waals surface area contributed by atoms with Gasteiger partial charge in [0.15, 0.2) is 5.78 Å². The van der Waals surface area contributed by atoms with Gasteiger partial charge < -0.3 is 0 Å². The molecule has 8 nitrogen and oxygen atoms in total. The van der Waals surface area contributed by atoms with Crippen LogP contribution in [0.5, 0.6) is 0 Å². The number of amides is 2. The monoisotopic (exact) mass is 459 g/mol. The lowest BCUT2D eigenvalue weighted by atomic mass is 10.0. The third-order valence-electron chi connectivity index (χ3n) is 5.02. The fraction of sp³-hybridized carbons (Fsp3) is 0.348. The fourth-order valence-electron chi connectivity index (χ4n) is 3.07. The molecule has 2 rings (SSSR count). The summed E-state index contributed by atoms with van der Waals surface area (Å²) >= 11 is 0. The Bertz CT molecular complexity index is 1060. The smallest absolute Gasteiger partial charge is 0.269 e. The number of aryl methyl sites for hydroxylation is 1. The Morgan fingerprint density at radius 3 is 2.09 bits per heavy atom. The summed E-state index contributed by atoms with van der Waals surface area (Å²) in [4.78, 5) is 36.6. The van der Waals surface area contributed by atoms with Crippen LogP contribution in [0.25, 0.3) is 0 Å². The highest BCUT2D eigenvalue weighted by Gasteiger charge is 2.22. The molecule has 2 aromatic rings. The van der Waals surface area contributed by atoms with Crippen molar-refractivity contribution in [3.05, 3.63) is 65.2 Å². The van der Waals surface area contributed by atoms with E-state index >= 15 is 0 Å². The highest BCUT2D eigenvalue weighted by Crippen LogP contribution is 2.17. The highest BCUT2D eigenvalue weighted by molar-refractivity contribution is 7.89. The first-order chi connectivity index (χ1) is 15.2. The Balaban J connectivity index is 1.91. The maximum atomic E-state index is 12.6. The molecule has 0 radical (unpaired) electrons. The van der Waals surface area contributed by atoms with Gasteiger partial charge in [-0.15, -0.1) is 0 Å². The number of Topliss-reactive ketones (excluding diaryl/α,β-unsaturated/α-hetero) is 1. The fourth-order valence-corrected chi connectivity index (χ4v) is 4.57. The zero-order valence-electron chi connectivity index (χ0n) is 18.6. The molecule has 0 bridgehead atoms. The lowest BCUT2D eigenvalue weighted by molar-refractivity contribution is -0.121. The molecule has 0 atom stereocenters. The molecule has 0 spiro atoms. The molecule has 0 heterocycles. The lowest BCUT2D eigenvalue weighted by Crippen LogP contribution is -2.41. The third kappa shape index (κ3) is 6.48. The number of hydrogen-bond acceptors (Lipinski definition) is 5. The van der Waals surface area contributed by atoms with Crippen LogP contribution in [0.2, 0.25) is 0 Å². The van der Waals surface area contributed by atoms with Crippen LogP contribution in [0, 0.1) is 0 Å². The molecule has 9 heteroatoms. The second-order valence-electron chi connectivity index (χ2n) is 7.09. The molecule has 0 aliphatic rings. The van der Waals surface area contributed by atoms with Crippen molar-refractivity contribution >= 4 is 27.6 Å². The maximum absolute atomic E-state index is 12.6. The summed E-state index contributed by atoms with van der Waals surface area (Å²) in [5.41, 5.74) is 6.26. The third-order valence-corrected chi connectivity index (χ3v) is 7.06. The number of rotatable bonds is 10. The van der Waals surface area contributed by atoms with Crippen LogP contribution in [0.4, 0.5) is 0 Å². The van der Waals surface area contributed by atoms with Gasteiger partial charge in [0.2, 0.25) is 15.9 Å². The van der Waals surface area contributed by atoms with Gasteiger partial charge in [-0.3, -0.25) is 25.2 Å². The molecule has 32 heavy (non-hydrogen) atoms. The van der Waals surface area contributed by atoms with E-state index in [1.165, 1.54) is 28.6 Å². The molecule has 0 saturated heterocycles. The van der Waals surface area contributed by atoms with Gasteiger partial charge in [0.25, 0.3) is 5.91 Å². The van der Waals surface area contributed by atoms with Gasteiger partial charge in [-0.05, 0) is 30.2 Å². The van der Waals surface area contributed by atoms with Crippen molar-refractivity contribution in [2.24, 2.45) is 0 Å². The van der Waals surface area contributed by atoms with Crippen molar-refractivity contribution in [3.8, 4) is 0 Å². The molecule has 0 aromatic heterocycles. The van der Waals surface area contributed by atoms with Gasteiger partial charge >= 0.3 is 0 Å². The molecule has 0 fully saturated rings. The molecule has 0 saturated carbocycles. The average Bonchev–Trinajstić information content (AvgIpc) is 2.81. The van der Waals surface area contributed by atoms with Gasteiger partial charge in [0, 0.05) is 37.1 Å². The first kappa shape index (κ1) is 25.2. The summed E-state index contributed by atoms with van der Waals surface area (Å²) in [7, 11) is -3.71. The maximum Gasteiger partial charge on any atom is 0.269 e. The summed E-state index contributed by atoms with van der Waals surface area (Å²) in [5, 5.41) is 0. The van der Waals surface area contributed by atoms with Crippen molar-refractivity contribution in [2.75, 3.05) is 13.1 Å². The number of sulfonamides is 1. The molecular weight excluding hydrogens is 430 g/mol. The van der Waals surface area contributed by atoms with Gasteiger partial charge in [-0.2, -0.15) is 4.31 Å². The second-order valence-corrected chi connectivity index (χ2v) is 9.03. The van der Waals surface area contributed by atoms with E-state index < -0.39 is 21.8 Å². The first-order valence-corrected chi connectivity index (χ1v) is 12.0. The lowest BCUT2D eigenvalue weighted by Gasteiger charge is -2.18. The van der Waals surface area contributed by atoms with Crippen LogP contribution < -0.4 is 10.9 Å². The Hall–Kier alpha value is -3.04. The summed E-state index contributed by atoms with van der Waals surface area (Å²) in [6.45, 7) is 6.12. The SMILES string of the molecule is CCc1ccc(C(=O)CCC(=O)NNC(=O)c2cccc(S(=O)(=O)N(CC)CC)c2)cc1. The van der Waals surface area contributed by atoms with Crippen molar-refractivity contribution in [3.63, 3.8) is 0 Å². The second kappa shape index (κ2) is 11.5. The first-order valence-electron chi connectivity index (χ1n) is 10.5. The quantitative estimate of drug-likeness (QED) is 0.419. The van der Waals surface area contributed by atoms with Crippen molar-refractivity contribution in [1.82, 2.24) is 15.2 Å². The number of hydrazine groups is 1. The summed E-state index contributed by atoms with van der Waals surface area (Å²) in [6.07, 6.45) is 0.788. The predicted octanol–water partition coefficient (Wildman–Crippen LogP) is 2.70. The molecule has 2 aromatic carbocycles. The molecule has 0 unspecified atom stereocenters. The number of benzene rings is 2. The average molecular weight is 460 g/mol. The minimum atomic E-state index is -3.71. The summed E-state index contributed by atoms with van der Waals surface area (Å²) in [6, 6.07) is 12.8. The van der Waals surface area contributed by atoms with E-state index in [1.54, 1.807) is 26.0 Å². The van der Waals surface area contributed by atoms with Crippen molar-refractivity contribution < 1.29 is 22.8 Å². The molecular formula is C23H29N3O5S. The van der Waals surface area contributed by atoms with Gasteiger partial charge in [-0.1, -0.05) is 51.1 Å². The number of hydrogen-bond donors (Lipinski definition) is 2. The van der Waals surface area contributed by atoms with E-state index in [-0.39, 0.29) is 29.1 Å². The summed E-state index contributed by atoms with van der Waals surface area (Å²) < 4.78 is 26.5. The summed E-state index contributed by atoms with van der Waals surface area (Å²) in [5.74, 6) is -1.34. The minimum Gasteiger partial charge on any atom is -0.294 e. The molecule has 172 valence electrons. The Morgan fingerprint density at radius 1 is 0.844 bits per heavy atom. The van der Waals surface area contributed by atoms with Gasteiger partial charge in [-0.25, -0.2) is 8.42 Å². The number of carbonyl (C=O) groups is 3. The van der Waals surface area contributed by atoms with Crippen molar-refractivity contribution in [1.29, 1.82) is 0 Å². The van der Waals surface area contributed by atoms with Crippen LogP contribution in [-0.2, 0) is 21.2 Å². The van der Waals surface area contributed by atoms with Crippen LogP contribution in [0.3, 0.4) is 0 Å². The number of carbonyl (C=O) groups excluding carboxylic acids is 3. The Kier molecular flexibility index (Phi) is 9.10. The van der Waals surface area contributed by atoms with E-state index in [0.29, 0.717) is 18.7 Å². The van der Waals surface area contributed by atoms with Gasteiger partial charge in [0.1, 0.15) is 0 Å². The van der Waals surface area contributed by atoms with Crippen LogP contribution >= 0.6 is 0 Å². The van der Waals surface area contributed by atoms with Crippen molar-refractivity contribution in [2.45, 2.75) is 44.9 Å². The van der Waals surface area contributed by atoms with E-state index in [9.17, 15) is 22.8 Å². The zero-order valence-corrected chi connectivity index (χ0v) is 19.4. The number of nitrogens with zero attached hydrogens (tertiary/aromatic N) is 1. The zero-order chi connectivity index (χ0) is 23.7. The standard InChI is InChI=1S/C23H29N3O5S/c1-4-17-10-12-18(13-11-17)21(27)14-15-22(28)24-25-23(29)19-8-7-9-20(16-19)32(30,31)26(5-2)6-3/h7-13,16H,4-6,14-15H2,1-3H3,(H,24,28)(H,25,29). The molecule has 0 aliphatic carbocycles. The van der Waals surface area contributed by atoms with E-state index in [4.69, 9.17) is 0 Å². The topological polar surface area (TPSA) is 113 Å². The van der Waals surface area contributed by atoms with E-state index in [1.807, 2.05) is 19.1 Å². The van der Waals surface area contributed by atoms with Crippen LogP contribution in [-0.4, -0.2) is 43.4 Å². The number of nitrogens with one attached hydrogen (secondary N) is 2. The normalized spacial score (nSPS) is 11.2. The largest absolute Gasteiger partial charge is 0.294 e. The molecule has 2 amide bonds. The minimum absolute atomic E-state index is 0.000125. The van der Waals surface area contributed by atoms with Gasteiger partial charge in [0.05, 0.1) is 4.90 Å². The molecule has 2 N–H and O–H groups in total. The van der Waals surface area contributed by atoms with Crippen LogP contribution in [0.15, 0.2) is 53.4 Å². The Labute approximate surface area is 189 Å². The number of ketones is 1. The van der Waals surface area contributed by atoms with E-state index in [2.05, 4.69) is 10.9 Å². The molecule has 0 aliphatic heterocycles. The Morgan fingerprint density at radius 2 is 1.50 bits per heavy atom. The highest BCUT2D eigenvalue weighted by atomic mass is 32.2. The predicted molar refractivity (Wildman–Crippen MR) is 122 cm³/mol.